The number of imidazole rings is 1. The Balaban J connectivity index is 1.50. The van der Waals surface area contributed by atoms with Crippen molar-refractivity contribution in [3.8, 4) is 11.4 Å². The van der Waals surface area contributed by atoms with Gasteiger partial charge in [-0.25, -0.2) is 15.0 Å². The molecule has 28 heavy (non-hydrogen) atoms. The van der Waals surface area contributed by atoms with Crippen molar-refractivity contribution in [3.05, 3.63) is 70.3 Å². The predicted molar refractivity (Wildman–Crippen MR) is 111 cm³/mol. The van der Waals surface area contributed by atoms with Gasteiger partial charge >= 0.3 is 0 Å². The first-order valence-corrected chi connectivity index (χ1v) is 9.62. The number of benzene rings is 1. The van der Waals surface area contributed by atoms with Crippen LogP contribution in [0.4, 0.5) is 16.9 Å². The van der Waals surface area contributed by atoms with Gasteiger partial charge in [-0.05, 0) is 31.2 Å². The van der Waals surface area contributed by atoms with Crippen LogP contribution in [0.1, 0.15) is 16.1 Å². The Kier molecular flexibility index (Phi) is 5.05. The summed E-state index contributed by atoms with van der Waals surface area (Å²) >= 11 is 7.28. The second kappa shape index (κ2) is 7.79. The van der Waals surface area contributed by atoms with E-state index in [1.165, 1.54) is 11.3 Å². The summed E-state index contributed by atoms with van der Waals surface area (Å²) in [5.41, 5.74) is 2.76. The number of carbonyl (C=O) groups excluding carboxylic acids is 1. The number of pyridine rings is 1. The topological polar surface area (TPSA) is 95.6 Å². The van der Waals surface area contributed by atoms with Crippen molar-refractivity contribution in [2.24, 2.45) is 0 Å². The van der Waals surface area contributed by atoms with E-state index in [2.05, 4.69) is 30.6 Å². The van der Waals surface area contributed by atoms with Crippen molar-refractivity contribution >= 4 is 45.7 Å². The lowest BCUT2D eigenvalue weighted by molar-refractivity contribution is 0.102. The van der Waals surface area contributed by atoms with Crippen LogP contribution in [0, 0.1) is 6.92 Å². The normalized spacial score (nSPS) is 10.6. The Labute approximate surface area is 169 Å². The van der Waals surface area contributed by atoms with E-state index in [1.54, 1.807) is 30.5 Å². The molecule has 0 radical (unpaired) electrons. The number of amides is 1. The zero-order valence-electron chi connectivity index (χ0n) is 14.7. The third-order valence-electron chi connectivity index (χ3n) is 3.86. The number of carbonyl (C=O) groups is 1. The van der Waals surface area contributed by atoms with Gasteiger partial charge in [0.2, 0.25) is 5.95 Å². The SMILES string of the molecule is Cc1[nH]c(NC(=O)c2ccccc2)nc1-c1csc(Nc2ccc(Cl)cn2)n1. The molecule has 9 heteroatoms. The van der Waals surface area contributed by atoms with Crippen molar-refractivity contribution in [2.75, 3.05) is 10.6 Å². The van der Waals surface area contributed by atoms with Crippen LogP contribution in [0.5, 0.6) is 0 Å². The maximum absolute atomic E-state index is 12.3. The number of hydrogen-bond acceptors (Lipinski definition) is 6. The second-order valence-corrected chi connectivity index (χ2v) is 7.20. The van der Waals surface area contributed by atoms with Crippen molar-refractivity contribution in [3.63, 3.8) is 0 Å². The zero-order chi connectivity index (χ0) is 19.5. The average molecular weight is 411 g/mol. The number of hydrogen-bond donors (Lipinski definition) is 3. The van der Waals surface area contributed by atoms with Crippen molar-refractivity contribution < 1.29 is 4.79 Å². The third-order valence-corrected chi connectivity index (χ3v) is 4.84. The summed E-state index contributed by atoms with van der Waals surface area (Å²) in [6.07, 6.45) is 1.57. The number of nitrogens with one attached hydrogen (secondary N) is 3. The number of thiazole rings is 1. The van der Waals surface area contributed by atoms with E-state index in [4.69, 9.17) is 11.6 Å². The highest BCUT2D eigenvalue weighted by atomic mass is 35.5. The molecule has 1 amide bonds. The monoisotopic (exact) mass is 410 g/mol. The summed E-state index contributed by atoms with van der Waals surface area (Å²) in [4.78, 5) is 28.6. The molecule has 0 bridgehead atoms. The van der Waals surface area contributed by atoms with E-state index in [0.29, 0.717) is 38.9 Å². The Morgan fingerprint density at radius 3 is 2.71 bits per heavy atom. The standard InChI is InChI=1S/C19H15ClN6OS/c1-11-16(25-18(22-11)26-17(27)12-5-3-2-4-6-12)14-10-28-19(23-14)24-15-8-7-13(20)9-21-15/h2-10H,1H3,(H,21,23,24)(H2,22,25,26,27). The lowest BCUT2D eigenvalue weighted by Gasteiger charge is -2.01. The minimum Gasteiger partial charge on any atom is -0.327 e. The molecule has 0 aliphatic carbocycles. The van der Waals surface area contributed by atoms with E-state index in [-0.39, 0.29) is 5.91 Å². The van der Waals surface area contributed by atoms with Gasteiger partial charge in [-0.2, -0.15) is 0 Å². The van der Waals surface area contributed by atoms with Gasteiger partial charge in [0.25, 0.3) is 5.91 Å². The zero-order valence-corrected chi connectivity index (χ0v) is 16.3. The molecule has 7 nitrogen and oxygen atoms in total. The van der Waals surface area contributed by atoms with Gasteiger partial charge in [-0.3, -0.25) is 10.1 Å². The number of nitrogens with zero attached hydrogens (tertiary/aromatic N) is 3. The summed E-state index contributed by atoms with van der Waals surface area (Å²) < 4.78 is 0. The van der Waals surface area contributed by atoms with Crippen molar-refractivity contribution in [1.29, 1.82) is 0 Å². The smallest absolute Gasteiger partial charge is 0.257 e. The minimum atomic E-state index is -0.227. The highest BCUT2D eigenvalue weighted by molar-refractivity contribution is 7.14. The molecule has 0 aliphatic rings. The fourth-order valence-electron chi connectivity index (χ4n) is 2.54. The molecular weight excluding hydrogens is 396 g/mol. The Bertz CT molecular complexity index is 1110. The van der Waals surface area contributed by atoms with E-state index < -0.39 is 0 Å². The molecule has 0 fully saturated rings. The van der Waals surface area contributed by atoms with Gasteiger partial charge < -0.3 is 10.3 Å². The lowest BCUT2D eigenvalue weighted by Crippen LogP contribution is -2.12. The molecular formula is C19H15ClN6OS. The van der Waals surface area contributed by atoms with Gasteiger partial charge in [-0.1, -0.05) is 29.8 Å². The van der Waals surface area contributed by atoms with E-state index in [9.17, 15) is 4.79 Å². The molecule has 0 saturated heterocycles. The van der Waals surface area contributed by atoms with E-state index in [0.717, 1.165) is 5.69 Å². The largest absolute Gasteiger partial charge is 0.327 e. The molecule has 3 N–H and O–H groups in total. The fraction of sp³-hybridized carbons (Fsp3) is 0.0526. The van der Waals surface area contributed by atoms with Gasteiger partial charge in [0, 0.05) is 22.8 Å². The van der Waals surface area contributed by atoms with Crippen LogP contribution in [0.3, 0.4) is 0 Å². The van der Waals surface area contributed by atoms with Gasteiger partial charge in [0.1, 0.15) is 17.2 Å². The molecule has 3 heterocycles. The molecule has 3 aromatic heterocycles. The first-order chi connectivity index (χ1) is 13.6. The highest BCUT2D eigenvalue weighted by Gasteiger charge is 2.15. The van der Waals surface area contributed by atoms with Crippen LogP contribution in [0.2, 0.25) is 5.02 Å². The minimum absolute atomic E-state index is 0.227. The lowest BCUT2D eigenvalue weighted by atomic mass is 10.2. The first kappa shape index (κ1) is 18.1. The number of rotatable bonds is 5. The number of anilines is 3. The third kappa shape index (κ3) is 4.03. The van der Waals surface area contributed by atoms with Crippen LogP contribution >= 0.6 is 22.9 Å². The Morgan fingerprint density at radius 1 is 1.14 bits per heavy atom. The summed E-state index contributed by atoms with van der Waals surface area (Å²) in [6, 6.07) is 12.5. The summed E-state index contributed by atoms with van der Waals surface area (Å²) in [5.74, 6) is 0.804. The van der Waals surface area contributed by atoms with E-state index in [1.807, 2.05) is 30.5 Å². The average Bonchev–Trinajstić information content (AvgIpc) is 3.30. The molecule has 0 spiro atoms. The Hall–Kier alpha value is -3.23. The molecule has 4 rings (SSSR count). The molecule has 0 aliphatic heterocycles. The van der Waals surface area contributed by atoms with Crippen LogP contribution in [0.15, 0.2) is 54.0 Å². The summed E-state index contributed by atoms with van der Waals surface area (Å²) in [7, 11) is 0. The number of halogens is 1. The molecule has 140 valence electrons. The van der Waals surface area contributed by atoms with Crippen molar-refractivity contribution in [1.82, 2.24) is 19.9 Å². The maximum Gasteiger partial charge on any atom is 0.257 e. The fourth-order valence-corrected chi connectivity index (χ4v) is 3.35. The van der Waals surface area contributed by atoms with Gasteiger partial charge in [0.15, 0.2) is 5.13 Å². The predicted octanol–water partition coefficient (Wildman–Crippen LogP) is 4.89. The Morgan fingerprint density at radius 2 is 1.96 bits per heavy atom. The first-order valence-electron chi connectivity index (χ1n) is 8.36. The molecule has 1 aromatic carbocycles. The quantitative estimate of drug-likeness (QED) is 0.435. The number of H-pyrrole nitrogens is 1. The number of aromatic amines is 1. The van der Waals surface area contributed by atoms with Gasteiger partial charge in [-0.15, -0.1) is 11.3 Å². The molecule has 4 aromatic rings. The van der Waals surface area contributed by atoms with Crippen LogP contribution in [-0.4, -0.2) is 25.8 Å². The number of aryl methyl sites for hydroxylation is 1. The van der Waals surface area contributed by atoms with Gasteiger partial charge in [0.05, 0.1) is 5.02 Å². The van der Waals surface area contributed by atoms with Crippen LogP contribution < -0.4 is 10.6 Å². The summed E-state index contributed by atoms with van der Waals surface area (Å²) in [5, 5.41) is 9.05. The maximum atomic E-state index is 12.3. The van der Waals surface area contributed by atoms with Crippen molar-refractivity contribution in [2.45, 2.75) is 6.92 Å². The van der Waals surface area contributed by atoms with Crippen LogP contribution in [-0.2, 0) is 0 Å². The molecule has 0 saturated carbocycles. The molecule has 0 unspecified atom stereocenters. The highest BCUT2D eigenvalue weighted by Crippen LogP contribution is 2.28. The van der Waals surface area contributed by atoms with E-state index >= 15 is 0 Å². The second-order valence-electron chi connectivity index (χ2n) is 5.90. The van der Waals surface area contributed by atoms with Crippen LogP contribution in [0.25, 0.3) is 11.4 Å². The number of aromatic nitrogens is 4. The summed E-state index contributed by atoms with van der Waals surface area (Å²) in [6.45, 7) is 1.88. The molecule has 0 atom stereocenters.